The van der Waals surface area contributed by atoms with E-state index in [4.69, 9.17) is 16.3 Å². The van der Waals surface area contributed by atoms with Crippen molar-refractivity contribution >= 4 is 38.7 Å². The average Bonchev–Trinajstić information content (AvgIpc) is 3.57. The Labute approximate surface area is 199 Å². The van der Waals surface area contributed by atoms with Crippen molar-refractivity contribution in [1.29, 1.82) is 0 Å². The molecule has 180 valence electrons. The van der Waals surface area contributed by atoms with E-state index in [1.165, 1.54) is 12.2 Å². The van der Waals surface area contributed by atoms with Crippen LogP contribution in [0.15, 0.2) is 49.6 Å². The van der Waals surface area contributed by atoms with Crippen molar-refractivity contribution in [3.8, 4) is 5.75 Å². The first-order chi connectivity index (χ1) is 15.6. The molecule has 2 aromatic carbocycles. The Hall–Kier alpha value is -2.58. The highest BCUT2D eigenvalue weighted by Gasteiger charge is 2.54. The molecule has 0 radical (unpaired) electrons. The van der Waals surface area contributed by atoms with Crippen molar-refractivity contribution < 1.29 is 21.9 Å². The number of allylic oxidation sites excluding steroid dienone is 1. The Morgan fingerprint density at radius 3 is 2.36 bits per heavy atom. The highest BCUT2D eigenvalue weighted by atomic mass is 35.5. The van der Waals surface area contributed by atoms with Gasteiger partial charge in [0.25, 0.3) is 0 Å². The van der Waals surface area contributed by atoms with E-state index in [1.807, 2.05) is 20.8 Å². The number of rotatable bonds is 10. The van der Waals surface area contributed by atoms with Crippen molar-refractivity contribution in [3.63, 3.8) is 0 Å². The molecular formula is C24H29ClF2N2O3S. The molecule has 3 rings (SSSR count). The molecule has 1 fully saturated rings. The number of nitrogens with one attached hydrogen (secondary N) is 2. The maximum Gasteiger partial charge on any atom is 0.238 e. The lowest BCUT2D eigenvalue weighted by atomic mass is 10.2. The second-order valence-corrected chi connectivity index (χ2v) is 9.89. The molecule has 33 heavy (non-hydrogen) atoms. The van der Waals surface area contributed by atoms with Crippen LogP contribution >= 0.6 is 11.6 Å². The third-order valence-electron chi connectivity index (χ3n) is 5.05. The molecular weight excluding hydrogens is 470 g/mol. The van der Waals surface area contributed by atoms with Crippen LogP contribution in [0.2, 0.25) is 5.02 Å². The molecule has 0 bridgehead atoms. The SMILES string of the molecule is C=CCOc1cc(F)c(F)c(Nc2ccc(C)cc2Cl)c1NS(=O)(=O)C1(CC=C)CC1.CC. The fourth-order valence-electron chi connectivity index (χ4n) is 3.17. The van der Waals surface area contributed by atoms with Gasteiger partial charge in [-0.1, -0.05) is 50.2 Å². The lowest BCUT2D eigenvalue weighted by Crippen LogP contribution is -2.30. The van der Waals surface area contributed by atoms with Crippen molar-refractivity contribution in [3.05, 3.63) is 71.8 Å². The second-order valence-electron chi connectivity index (χ2n) is 7.41. The third kappa shape index (κ3) is 5.86. The number of anilines is 3. The zero-order valence-electron chi connectivity index (χ0n) is 19.0. The molecule has 0 aromatic heterocycles. The monoisotopic (exact) mass is 498 g/mol. The minimum atomic E-state index is -3.96. The first-order valence-electron chi connectivity index (χ1n) is 10.6. The number of benzene rings is 2. The van der Waals surface area contributed by atoms with E-state index in [2.05, 4.69) is 23.2 Å². The Morgan fingerprint density at radius 2 is 1.82 bits per heavy atom. The molecule has 5 nitrogen and oxygen atoms in total. The van der Waals surface area contributed by atoms with Gasteiger partial charge >= 0.3 is 0 Å². The predicted octanol–water partition coefficient (Wildman–Crippen LogP) is 7.11. The summed E-state index contributed by atoms with van der Waals surface area (Å²) in [6.07, 6.45) is 4.05. The van der Waals surface area contributed by atoms with Crippen LogP contribution in [0.5, 0.6) is 5.75 Å². The van der Waals surface area contributed by atoms with Crippen LogP contribution in [-0.4, -0.2) is 19.8 Å². The molecule has 0 spiro atoms. The minimum absolute atomic E-state index is 0.0394. The summed E-state index contributed by atoms with van der Waals surface area (Å²) in [4.78, 5) is 0. The minimum Gasteiger partial charge on any atom is -0.487 e. The Bertz CT molecular complexity index is 1130. The molecule has 2 N–H and O–H groups in total. The van der Waals surface area contributed by atoms with Crippen LogP contribution in [0.1, 0.15) is 38.7 Å². The molecule has 0 heterocycles. The van der Waals surface area contributed by atoms with E-state index in [0.717, 1.165) is 11.6 Å². The first kappa shape index (κ1) is 26.7. The summed E-state index contributed by atoms with van der Waals surface area (Å²) in [6, 6.07) is 5.76. The molecule has 0 aliphatic heterocycles. The van der Waals surface area contributed by atoms with Crippen LogP contribution in [0.25, 0.3) is 0 Å². The summed E-state index contributed by atoms with van der Waals surface area (Å²) in [5.74, 6) is -2.66. The van der Waals surface area contributed by atoms with Crippen molar-refractivity contribution in [2.45, 2.75) is 44.8 Å². The summed E-state index contributed by atoms with van der Waals surface area (Å²) in [5, 5.41) is 2.98. The summed E-state index contributed by atoms with van der Waals surface area (Å²) in [6.45, 7) is 12.9. The molecule has 1 aliphatic carbocycles. The van der Waals surface area contributed by atoms with Crippen molar-refractivity contribution in [2.24, 2.45) is 0 Å². The van der Waals surface area contributed by atoms with Gasteiger partial charge in [0, 0.05) is 6.07 Å². The largest absolute Gasteiger partial charge is 0.487 e. The number of sulfonamides is 1. The number of aryl methyl sites for hydroxylation is 1. The van der Waals surface area contributed by atoms with Crippen molar-refractivity contribution in [1.82, 2.24) is 0 Å². The van der Waals surface area contributed by atoms with Crippen LogP contribution in [0.3, 0.4) is 0 Å². The summed E-state index contributed by atoms with van der Waals surface area (Å²) in [5.41, 5.74) is 0.473. The van der Waals surface area contributed by atoms with Gasteiger partial charge in [-0.3, -0.25) is 4.72 Å². The molecule has 0 atom stereocenters. The fourth-order valence-corrected chi connectivity index (χ4v) is 5.12. The normalized spacial score (nSPS) is 13.9. The van der Waals surface area contributed by atoms with Gasteiger partial charge in [0.15, 0.2) is 11.6 Å². The maximum absolute atomic E-state index is 14.9. The fraction of sp³-hybridized carbons (Fsp3) is 0.333. The van der Waals surface area contributed by atoms with E-state index in [1.54, 1.807) is 18.2 Å². The van der Waals surface area contributed by atoms with E-state index < -0.39 is 32.1 Å². The van der Waals surface area contributed by atoms with Gasteiger partial charge in [-0.25, -0.2) is 17.2 Å². The number of hydrogen-bond donors (Lipinski definition) is 2. The Morgan fingerprint density at radius 1 is 1.15 bits per heavy atom. The van der Waals surface area contributed by atoms with E-state index in [9.17, 15) is 17.2 Å². The smallest absolute Gasteiger partial charge is 0.238 e. The van der Waals surface area contributed by atoms with Crippen molar-refractivity contribution in [2.75, 3.05) is 16.6 Å². The second kappa shape index (κ2) is 11.0. The average molecular weight is 499 g/mol. The predicted molar refractivity (Wildman–Crippen MR) is 132 cm³/mol. The zero-order chi connectivity index (χ0) is 24.8. The lowest BCUT2D eigenvalue weighted by molar-refractivity contribution is 0.361. The molecule has 2 aromatic rings. The van der Waals surface area contributed by atoms with Gasteiger partial charge in [-0.15, -0.1) is 6.58 Å². The Kier molecular flexibility index (Phi) is 8.91. The van der Waals surface area contributed by atoms with E-state index in [0.29, 0.717) is 12.8 Å². The highest BCUT2D eigenvalue weighted by Crippen LogP contribution is 2.49. The zero-order valence-corrected chi connectivity index (χ0v) is 20.5. The maximum atomic E-state index is 14.9. The van der Waals surface area contributed by atoms with Gasteiger partial charge in [0.05, 0.1) is 15.5 Å². The van der Waals surface area contributed by atoms with Gasteiger partial charge in [-0.05, 0) is 43.9 Å². The lowest BCUT2D eigenvalue weighted by Gasteiger charge is -2.22. The quantitative estimate of drug-likeness (QED) is 0.342. The summed E-state index contributed by atoms with van der Waals surface area (Å²) in [7, 11) is -3.96. The molecule has 1 saturated carbocycles. The van der Waals surface area contributed by atoms with Crippen LogP contribution in [-0.2, 0) is 10.0 Å². The molecule has 1 aliphatic rings. The van der Waals surface area contributed by atoms with Crippen LogP contribution in [0, 0.1) is 18.6 Å². The Balaban J connectivity index is 0.00000187. The summed E-state index contributed by atoms with van der Waals surface area (Å²) >= 11 is 6.23. The number of hydrogen-bond acceptors (Lipinski definition) is 4. The van der Waals surface area contributed by atoms with Gasteiger partial charge in [0.2, 0.25) is 10.0 Å². The number of halogens is 3. The standard InChI is InChI=1S/C22H23ClF2N2O3S.C2H6/c1-4-8-22(9-10-22)31(28,29)27-20-18(30-11-5-2)13-16(24)19(25)21(20)26-17-7-6-14(3)12-15(17)23;1-2/h4-7,12-13,26-27H,1-2,8-11H2,3H3;1-2H3. The van der Waals surface area contributed by atoms with E-state index in [-0.39, 0.29) is 35.2 Å². The highest BCUT2D eigenvalue weighted by molar-refractivity contribution is 7.94. The summed E-state index contributed by atoms with van der Waals surface area (Å²) < 4.78 is 62.3. The van der Waals surface area contributed by atoms with Gasteiger partial charge < -0.3 is 10.1 Å². The topological polar surface area (TPSA) is 67.4 Å². The van der Waals surface area contributed by atoms with Gasteiger partial charge in [-0.2, -0.15) is 0 Å². The molecule has 9 heteroatoms. The van der Waals surface area contributed by atoms with E-state index >= 15 is 0 Å². The van der Waals surface area contributed by atoms with Crippen LogP contribution < -0.4 is 14.8 Å². The number of ether oxygens (including phenoxy) is 1. The first-order valence-corrected chi connectivity index (χ1v) is 12.4. The molecule has 0 amide bonds. The van der Waals surface area contributed by atoms with Crippen LogP contribution in [0.4, 0.5) is 25.8 Å². The molecule has 0 saturated heterocycles. The molecule has 0 unspecified atom stereocenters. The van der Waals surface area contributed by atoms with Gasteiger partial charge in [0.1, 0.15) is 23.7 Å². The third-order valence-corrected chi connectivity index (χ3v) is 7.56.